The van der Waals surface area contributed by atoms with E-state index in [1.807, 2.05) is 13.8 Å². The van der Waals surface area contributed by atoms with Gasteiger partial charge < -0.3 is 9.47 Å². The van der Waals surface area contributed by atoms with Gasteiger partial charge in [-0.3, -0.25) is 9.59 Å². The Kier molecular flexibility index (Phi) is 21.1. The Morgan fingerprint density at radius 3 is 0.548 bits per heavy atom. The summed E-state index contributed by atoms with van der Waals surface area (Å²) in [5.74, 6) is 15.4. The predicted octanol–water partition coefficient (Wildman–Crippen LogP) is 25.0. The van der Waals surface area contributed by atoms with E-state index in [0.29, 0.717) is 11.5 Å². The van der Waals surface area contributed by atoms with Crippen LogP contribution in [0.1, 0.15) is 230 Å². The first-order chi connectivity index (χ1) is 50.4. The molecule has 0 atom stereocenters. The molecule has 0 heterocycles. The number of ether oxygens (including phenoxy) is 2. The first-order valence-corrected chi connectivity index (χ1v) is 39.1. The molecule has 0 saturated heterocycles. The van der Waals surface area contributed by atoms with Gasteiger partial charge in [0.2, 0.25) is 0 Å². The molecule has 12 aliphatic carbocycles. The highest BCUT2D eigenvalue weighted by Gasteiger charge is 2.54. The molecule has 23 rings (SSSR count). The largest absolute Gasteiger partial charge is 0.426 e. The highest BCUT2D eigenvalue weighted by Crippen LogP contribution is 2.68. The zero-order chi connectivity index (χ0) is 72.5. The molecule has 0 spiro atoms. The average Bonchev–Trinajstić information content (AvgIpc) is 0.672. The van der Waals surface area contributed by atoms with Gasteiger partial charge in [0.25, 0.3) is 0 Å². The van der Waals surface area contributed by atoms with Crippen LogP contribution >= 0.6 is 139 Å². The third-order valence-electron chi connectivity index (χ3n) is 21.0. The van der Waals surface area contributed by atoms with Crippen molar-refractivity contribution < 1.29 is 19.1 Å². The van der Waals surface area contributed by atoms with E-state index in [0.717, 1.165) is 66.8 Å². The lowest BCUT2D eigenvalue weighted by atomic mass is 9.54. The fraction of sp³-hybridized carbons (Fsp3) is 0.182. The van der Waals surface area contributed by atoms with Gasteiger partial charge in [-0.15, -0.1) is 0 Å². The molecule has 0 aromatic heterocycles. The summed E-state index contributed by atoms with van der Waals surface area (Å²) in [6, 6.07) is 79.5. The molecule has 104 heavy (non-hydrogen) atoms. The van der Waals surface area contributed by atoms with Crippen LogP contribution in [-0.4, -0.2) is 29.1 Å². The predicted molar refractivity (Wildman–Crippen MR) is 428 cm³/mol. The molecule has 11 aromatic rings. The SMILES string of the molecule is CCC(=O)Oc1c2c(c(C#Cc3ccc(C#Cc4c5c(c(OC(=O)CC)c6c4C4c7ccccc7C6c6ccccc64)C4c6ccccc6C5c5ccccc54)cc3)c3c1C1c4ccccc4C3c3ccccc31)C1c3ccccc3C2c2ccccc21.ClC(Cl)Cl.ClC(Cl)Cl.ClC(Cl)Cl.ClC(Cl)Cl. The molecule has 518 valence electrons. The van der Waals surface area contributed by atoms with Crippen molar-refractivity contribution in [2.24, 2.45) is 0 Å². The summed E-state index contributed by atoms with van der Waals surface area (Å²) in [5.41, 5.74) is 33.0. The molecular weight excluding hydrogens is 1550 g/mol. The third-order valence-corrected chi connectivity index (χ3v) is 21.0. The van der Waals surface area contributed by atoms with E-state index >= 15 is 0 Å². The van der Waals surface area contributed by atoms with E-state index in [-0.39, 0.29) is 72.1 Å². The summed E-state index contributed by atoms with van der Waals surface area (Å²) < 4.78 is 10.7. The minimum Gasteiger partial charge on any atom is -0.426 e. The summed E-state index contributed by atoms with van der Waals surface area (Å²) in [4.78, 5) is 28.1. The number of hydrogen-bond acceptors (Lipinski definition) is 4. The lowest BCUT2D eigenvalue weighted by molar-refractivity contribution is -0.135. The Labute approximate surface area is 664 Å². The quantitative estimate of drug-likeness (QED) is 0.0763. The van der Waals surface area contributed by atoms with Crippen LogP contribution in [0.15, 0.2) is 218 Å². The molecule has 0 fully saturated rings. The molecular formula is C88H58Cl12O4. The second-order valence-electron chi connectivity index (χ2n) is 25.9. The maximum atomic E-state index is 14.0. The van der Waals surface area contributed by atoms with Gasteiger partial charge in [-0.05, 0) is 136 Å². The van der Waals surface area contributed by atoms with Crippen LogP contribution in [0.4, 0.5) is 0 Å². The van der Waals surface area contributed by atoms with Crippen LogP contribution in [0, 0.1) is 23.7 Å². The third kappa shape index (κ3) is 12.7. The van der Waals surface area contributed by atoms with Crippen molar-refractivity contribution in [1.29, 1.82) is 0 Å². The Hall–Kier alpha value is -7.04. The smallest absolute Gasteiger partial charge is 0.310 e. The monoisotopic (exact) mass is 1600 g/mol. The van der Waals surface area contributed by atoms with Crippen LogP contribution in [0.5, 0.6) is 11.5 Å². The Morgan fingerprint density at radius 2 is 0.404 bits per heavy atom. The zero-order valence-corrected chi connectivity index (χ0v) is 64.4. The van der Waals surface area contributed by atoms with Gasteiger partial charge in [-0.25, -0.2) is 0 Å². The van der Waals surface area contributed by atoms with Gasteiger partial charge in [0.15, 0.2) is 17.2 Å². The van der Waals surface area contributed by atoms with Gasteiger partial charge >= 0.3 is 11.9 Å². The first-order valence-electron chi connectivity index (χ1n) is 33.8. The Morgan fingerprint density at radius 1 is 0.260 bits per heavy atom. The maximum Gasteiger partial charge on any atom is 0.310 e. The molecule has 0 saturated carbocycles. The fourth-order valence-corrected chi connectivity index (χ4v) is 17.8. The number of halogens is 12. The van der Waals surface area contributed by atoms with Crippen molar-refractivity contribution in [3.63, 3.8) is 0 Å². The molecule has 0 N–H and O–H groups in total. The minimum absolute atomic E-state index is 0.122. The van der Waals surface area contributed by atoms with Gasteiger partial charge in [-0.1, -0.05) is 371 Å². The van der Waals surface area contributed by atoms with Gasteiger partial charge in [0, 0.05) is 105 Å². The van der Waals surface area contributed by atoms with Crippen LogP contribution < -0.4 is 9.47 Å². The number of carbonyl (C=O) groups excluding carboxylic acids is 2. The van der Waals surface area contributed by atoms with Gasteiger partial charge in [-0.2, -0.15) is 0 Å². The first kappa shape index (κ1) is 72.5. The standard InChI is InChI=1S/C84H54O4.4CHCl3/c1-3-65(85)87-83-79-71-55-29-13-5-21-47(55)67(48-22-6-14-30-56(48)71)75(79)63(76-68-49-23-7-15-31-57(49)72(80(76)83)58-32-16-8-24-50(58)68)43-41-45-37-39-46(40-38-45)42-44-64-77-69-51-25-9-17-33-59(51)73(60-34-18-10-26-52(60)69)81(77)84(88-66(86)4-2)82-74-61-35-19-11-27-53(61)70(78(64)82)54-28-12-20-36-62(54)74;4*2-1(3)4/h5-40,67-74H,3-4H2,1-2H3;4*1H. The lowest BCUT2D eigenvalue weighted by Gasteiger charge is -2.48. The molecule has 0 unspecified atom stereocenters. The molecule has 0 amide bonds. The van der Waals surface area contributed by atoms with Gasteiger partial charge in [0.1, 0.15) is 11.5 Å². The number of hydrogen-bond donors (Lipinski definition) is 0. The van der Waals surface area contributed by atoms with E-state index in [1.54, 1.807) is 0 Å². The summed E-state index contributed by atoms with van der Waals surface area (Å²) >= 11 is 57.7. The van der Waals surface area contributed by atoms with Crippen molar-refractivity contribution in [2.45, 2.75) is 91.2 Å². The van der Waals surface area contributed by atoms with Crippen molar-refractivity contribution >= 4 is 151 Å². The summed E-state index contributed by atoms with van der Waals surface area (Å²) in [7, 11) is 0. The number of esters is 2. The van der Waals surface area contributed by atoms with E-state index in [9.17, 15) is 9.59 Å². The van der Waals surface area contributed by atoms with Crippen LogP contribution in [0.2, 0.25) is 0 Å². The zero-order valence-electron chi connectivity index (χ0n) is 55.3. The van der Waals surface area contributed by atoms with Crippen molar-refractivity contribution in [1.82, 2.24) is 0 Å². The fourth-order valence-electron chi connectivity index (χ4n) is 17.8. The molecule has 12 aliphatic rings. The topological polar surface area (TPSA) is 52.6 Å². The Bertz CT molecular complexity index is 4610. The molecule has 0 radical (unpaired) electrons. The second kappa shape index (κ2) is 30.3. The van der Waals surface area contributed by atoms with Crippen molar-refractivity contribution in [3.05, 3.63) is 374 Å². The van der Waals surface area contributed by atoms with Crippen LogP contribution in [0.3, 0.4) is 0 Å². The lowest BCUT2D eigenvalue weighted by Crippen LogP contribution is -2.35. The van der Waals surface area contributed by atoms with Crippen molar-refractivity contribution in [3.8, 4) is 35.2 Å². The van der Waals surface area contributed by atoms with Gasteiger partial charge in [0.05, 0.1) is 0 Å². The Balaban J connectivity index is 0.000000497. The highest BCUT2D eigenvalue weighted by atomic mass is 35.6. The molecule has 0 aliphatic heterocycles. The van der Waals surface area contributed by atoms with Crippen molar-refractivity contribution in [2.75, 3.05) is 0 Å². The maximum absolute atomic E-state index is 14.0. The van der Waals surface area contributed by atoms with Crippen LogP contribution in [0.25, 0.3) is 0 Å². The molecule has 11 aromatic carbocycles. The van der Waals surface area contributed by atoms with E-state index in [1.165, 1.54) is 89.0 Å². The number of alkyl halides is 12. The average molecular weight is 1600 g/mol. The summed E-state index contributed by atoms with van der Waals surface area (Å²) in [6.45, 7) is 3.78. The van der Waals surface area contributed by atoms with Crippen LogP contribution in [-0.2, 0) is 9.59 Å². The molecule has 16 heteroatoms. The second-order valence-corrected chi connectivity index (χ2v) is 33.9. The summed E-state index contributed by atoms with van der Waals surface area (Å²) in [6.07, 6.45) is 0.518. The number of benzene rings is 11. The van der Waals surface area contributed by atoms with E-state index < -0.39 is 17.2 Å². The number of rotatable bonds is 4. The molecule has 8 bridgehead atoms. The minimum atomic E-state index is -0.750. The summed E-state index contributed by atoms with van der Waals surface area (Å²) in [5, 5.41) is 0. The molecule has 4 nitrogen and oxygen atoms in total. The number of carbonyl (C=O) groups is 2. The van der Waals surface area contributed by atoms with E-state index in [2.05, 4.69) is 242 Å². The highest BCUT2D eigenvalue weighted by molar-refractivity contribution is 6.64. The van der Waals surface area contributed by atoms with E-state index in [4.69, 9.17) is 149 Å². The normalized spacial score (nSPS) is 18.6.